The van der Waals surface area contributed by atoms with Crippen molar-refractivity contribution in [3.05, 3.63) is 12.4 Å². The number of nitrogens with zero attached hydrogens (tertiary/aromatic N) is 2. The first-order chi connectivity index (χ1) is 9.00. The molecule has 5 nitrogen and oxygen atoms in total. The van der Waals surface area contributed by atoms with Gasteiger partial charge in [0.05, 0.1) is 11.2 Å². The molecule has 2 heterocycles. The van der Waals surface area contributed by atoms with Crippen LogP contribution in [0.25, 0.3) is 0 Å². The second-order valence-corrected chi connectivity index (χ2v) is 5.44. The van der Waals surface area contributed by atoms with Gasteiger partial charge in [0.2, 0.25) is 0 Å². The van der Waals surface area contributed by atoms with Crippen LogP contribution in [0.2, 0.25) is 0 Å². The Morgan fingerprint density at radius 2 is 1.50 bits per heavy atom. The Morgan fingerprint density at radius 1 is 1.05 bits per heavy atom. The fourth-order valence-electron chi connectivity index (χ4n) is 1.58. The highest BCUT2D eigenvalue weighted by Gasteiger charge is 2.52. The van der Waals surface area contributed by atoms with E-state index in [1.807, 2.05) is 27.7 Å². The summed E-state index contributed by atoms with van der Waals surface area (Å²) in [6.07, 6.45) is -2.43. The Hall–Kier alpha value is -1.35. The summed E-state index contributed by atoms with van der Waals surface area (Å²) in [6.45, 7) is 7.48. The van der Waals surface area contributed by atoms with Gasteiger partial charge in [0.1, 0.15) is 0 Å². The fraction of sp³-hybridized carbons (Fsp3) is 0.636. The van der Waals surface area contributed by atoms with Crippen LogP contribution < -0.4 is 10.2 Å². The molecule has 1 aliphatic rings. The van der Waals surface area contributed by atoms with E-state index in [-0.39, 0.29) is 0 Å². The van der Waals surface area contributed by atoms with Crippen molar-refractivity contribution >= 4 is 12.6 Å². The van der Waals surface area contributed by atoms with Crippen LogP contribution in [0.15, 0.2) is 12.4 Å². The fourth-order valence-corrected chi connectivity index (χ4v) is 1.58. The Labute approximate surface area is 114 Å². The van der Waals surface area contributed by atoms with Gasteiger partial charge in [0, 0.05) is 17.9 Å². The molecular weight excluding hydrogens is 276 g/mol. The largest absolute Gasteiger partial charge is 0.575 e. The number of hydrogen-bond acceptors (Lipinski definition) is 5. The van der Waals surface area contributed by atoms with Gasteiger partial charge in [-0.15, -0.1) is 13.2 Å². The lowest BCUT2D eigenvalue weighted by Gasteiger charge is -2.32. The summed E-state index contributed by atoms with van der Waals surface area (Å²) >= 11 is 0. The van der Waals surface area contributed by atoms with Crippen LogP contribution in [0.3, 0.4) is 0 Å². The Balaban J connectivity index is 2.12. The van der Waals surface area contributed by atoms with Crippen molar-refractivity contribution < 1.29 is 27.2 Å². The minimum Gasteiger partial charge on any atom is -0.399 e. The monoisotopic (exact) mass is 290 g/mol. The van der Waals surface area contributed by atoms with Gasteiger partial charge >= 0.3 is 19.5 Å². The predicted octanol–water partition coefficient (Wildman–Crippen LogP) is 1.67. The van der Waals surface area contributed by atoms with Crippen molar-refractivity contribution in [2.24, 2.45) is 0 Å². The van der Waals surface area contributed by atoms with E-state index in [9.17, 15) is 13.2 Å². The normalized spacial score (nSPS) is 21.1. The standard InChI is InChI=1S/C11H14BF3N2O3/c1-9(2)10(3,4)20-12(19-9)7-5-16-8(17-6-7)18-11(13,14)15/h5-6H,1-4H3. The zero-order chi connectivity index (χ0) is 15.2. The van der Waals surface area contributed by atoms with E-state index in [1.54, 1.807) is 0 Å². The summed E-state index contributed by atoms with van der Waals surface area (Å²) in [5.74, 6) is 0. The van der Waals surface area contributed by atoms with Crippen LogP contribution >= 0.6 is 0 Å². The maximum Gasteiger partial charge on any atom is 0.575 e. The Morgan fingerprint density at radius 3 is 1.90 bits per heavy atom. The summed E-state index contributed by atoms with van der Waals surface area (Å²) in [5.41, 5.74) is -0.657. The quantitative estimate of drug-likeness (QED) is 0.776. The third-order valence-corrected chi connectivity index (χ3v) is 3.38. The third-order valence-electron chi connectivity index (χ3n) is 3.38. The minimum absolute atomic E-state index is 0.429. The highest BCUT2D eigenvalue weighted by atomic mass is 19.4. The summed E-state index contributed by atoms with van der Waals surface area (Å²) in [7, 11) is -0.722. The van der Waals surface area contributed by atoms with E-state index in [0.29, 0.717) is 5.46 Å². The van der Waals surface area contributed by atoms with Crippen LogP contribution in [0.5, 0.6) is 6.01 Å². The molecule has 1 fully saturated rings. The summed E-state index contributed by atoms with van der Waals surface area (Å²) in [5, 5.41) is 0. The van der Waals surface area contributed by atoms with Gasteiger partial charge in [0.15, 0.2) is 0 Å². The lowest BCUT2D eigenvalue weighted by molar-refractivity contribution is -0.277. The first kappa shape index (κ1) is 15.1. The van der Waals surface area contributed by atoms with Gasteiger partial charge in [-0.2, -0.15) is 0 Å². The lowest BCUT2D eigenvalue weighted by atomic mass is 9.81. The van der Waals surface area contributed by atoms with Crippen molar-refractivity contribution in [2.45, 2.75) is 45.3 Å². The SMILES string of the molecule is CC1(C)OB(c2cnc(OC(F)(F)F)nc2)OC1(C)C. The van der Waals surface area contributed by atoms with Crippen molar-refractivity contribution in [1.82, 2.24) is 9.97 Å². The number of alkyl halides is 3. The number of hydrogen-bond donors (Lipinski definition) is 0. The van der Waals surface area contributed by atoms with Gasteiger partial charge in [0.25, 0.3) is 0 Å². The molecule has 0 amide bonds. The highest BCUT2D eigenvalue weighted by molar-refractivity contribution is 6.61. The molecule has 2 rings (SSSR count). The van der Waals surface area contributed by atoms with Gasteiger partial charge in [-0.3, -0.25) is 0 Å². The molecule has 9 heteroatoms. The van der Waals surface area contributed by atoms with Crippen molar-refractivity contribution in [3.63, 3.8) is 0 Å². The van der Waals surface area contributed by atoms with Crippen molar-refractivity contribution in [3.8, 4) is 6.01 Å². The number of rotatable bonds is 2. The van der Waals surface area contributed by atoms with Gasteiger partial charge in [-0.05, 0) is 27.7 Å². The van der Waals surface area contributed by atoms with Gasteiger partial charge in [-0.1, -0.05) is 0 Å². The summed E-state index contributed by atoms with van der Waals surface area (Å²) in [6, 6.07) is -0.766. The van der Waals surface area contributed by atoms with E-state index in [0.717, 1.165) is 0 Å². The predicted molar refractivity (Wildman–Crippen MR) is 64.4 cm³/mol. The molecule has 0 radical (unpaired) electrons. The molecule has 20 heavy (non-hydrogen) atoms. The highest BCUT2D eigenvalue weighted by Crippen LogP contribution is 2.36. The first-order valence-electron chi connectivity index (χ1n) is 5.93. The molecule has 0 saturated carbocycles. The minimum atomic E-state index is -4.81. The van der Waals surface area contributed by atoms with Crippen LogP contribution in [0, 0.1) is 0 Å². The summed E-state index contributed by atoms with van der Waals surface area (Å²) in [4.78, 5) is 6.98. The van der Waals surface area contributed by atoms with Gasteiger partial charge in [-0.25, -0.2) is 9.97 Å². The van der Waals surface area contributed by atoms with Crippen LogP contribution in [-0.4, -0.2) is 34.7 Å². The third kappa shape index (κ3) is 3.04. The van der Waals surface area contributed by atoms with E-state index in [2.05, 4.69) is 14.7 Å². The molecule has 0 bridgehead atoms. The molecule has 1 aromatic heterocycles. The smallest absolute Gasteiger partial charge is 0.399 e. The molecule has 0 aromatic carbocycles. The van der Waals surface area contributed by atoms with Crippen LogP contribution in [-0.2, 0) is 9.31 Å². The molecule has 1 aromatic rings. The number of ether oxygens (including phenoxy) is 1. The second kappa shape index (κ2) is 4.59. The van der Waals surface area contributed by atoms with E-state index < -0.39 is 30.7 Å². The number of halogens is 3. The zero-order valence-corrected chi connectivity index (χ0v) is 11.5. The summed E-state index contributed by atoms with van der Waals surface area (Å²) < 4.78 is 51.0. The molecule has 110 valence electrons. The Kier molecular flexibility index (Phi) is 3.46. The maximum atomic E-state index is 12.0. The van der Waals surface area contributed by atoms with Crippen LogP contribution in [0.4, 0.5) is 13.2 Å². The number of aromatic nitrogens is 2. The molecule has 0 spiro atoms. The molecule has 0 atom stereocenters. The molecule has 1 saturated heterocycles. The molecular formula is C11H14BF3N2O3. The lowest BCUT2D eigenvalue weighted by Crippen LogP contribution is -2.41. The molecule has 0 N–H and O–H groups in total. The van der Waals surface area contributed by atoms with E-state index in [4.69, 9.17) is 9.31 Å². The molecule has 1 aliphatic heterocycles. The average Bonchev–Trinajstić information content (AvgIpc) is 2.47. The zero-order valence-electron chi connectivity index (χ0n) is 11.5. The van der Waals surface area contributed by atoms with Crippen molar-refractivity contribution in [1.29, 1.82) is 0 Å². The van der Waals surface area contributed by atoms with E-state index in [1.165, 1.54) is 12.4 Å². The topological polar surface area (TPSA) is 53.5 Å². The van der Waals surface area contributed by atoms with Gasteiger partial charge < -0.3 is 14.0 Å². The van der Waals surface area contributed by atoms with E-state index >= 15 is 0 Å². The molecule has 0 aliphatic carbocycles. The van der Waals surface area contributed by atoms with Crippen LogP contribution in [0.1, 0.15) is 27.7 Å². The second-order valence-electron chi connectivity index (χ2n) is 5.44. The average molecular weight is 290 g/mol. The first-order valence-corrected chi connectivity index (χ1v) is 5.93. The maximum absolute atomic E-state index is 12.0. The molecule has 0 unspecified atom stereocenters. The Bertz CT molecular complexity index is 475. The van der Waals surface area contributed by atoms with Crippen molar-refractivity contribution in [2.75, 3.05) is 0 Å².